The maximum atomic E-state index is 4.34. The standard InChI is InChI=1S/C19H27N5S.HI/c1-14(16-7-6-8-17(11-16)24-9-4-5-10-24)23-19(20-3)22-13-18-12-21-15(2)25-18;/h6-8,11-12,14H,4-5,9-10,13H2,1-3H3,(H2,20,22,23);1H. The predicted molar refractivity (Wildman–Crippen MR) is 122 cm³/mol. The average Bonchev–Trinajstić information content (AvgIpc) is 3.30. The van der Waals surface area contributed by atoms with Crippen molar-refractivity contribution in [3.63, 3.8) is 0 Å². The maximum Gasteiger partial charge on any atom is 0.191 e. The van der Waals surface area contributed by atoms with E-state index in [1.54, 1.807) is 18.4 Å². The molecule has 1 aliphatic heterocycles. The molecule has 7 heteroatoms. The number of thiazole rings is 1. The van der Waals surface area contributed by atoms with Gasteiger partial charge in [-0.15, -0.1) is 35.3 Å². The van der Waals surface area contributed by atoms with Gasteiger partial charge in [0.15, 0.2) is 5.96 Å². The smallest absolute Gasteiger partial charge is 0.191 e. The quantitative estimate of drug-likeness (QED) is 0.381. The number of anilines is 1. The van der Waals surface area contributed by atoms with Crippen LogP contribution in [-0.4, -0.2) is 31.1 Å². The van der Waals surface area contributed by atoms with E-state index in [1.807, 2.05) is 13.1 Å². The molecule has 1 atom stereocenters. The number of aryl methyl sites for hydroxylation is 1. The van der Waals surface area contributed by atoms with Crippen molar-refractivity contribution in [2.24, 2.45) is 4.99 Å². The lowest BCUT2D eigenvalue weighted by Crippen LogP contribution is -2.38. The van der Waals surface area contributed by atoms with Gasteiger partial charge in [-0.05, 0) is 44.4 Å². The van der Waals surface area contributed by atoms with Crippen LogP contribution in [0.1, 0.15) is 41.3 Å². The normalized spacial score (nSPS) is 15.5. The van der Waals surface area contributed by atoms with E-state index in [4.69, 9.17) is 0 Å². The topological polar surface area (TPSA) is 52.6 Å². The lowest BCUT2D eigenvalue weighted by atomic mass is 10.1. The van der Waals surface area contributed by atoms with E-state index < -0.39 is 0 Å². The van der Waals surface area contributed by atoms with Crippen LogP contribution in [0.5, 0.6) is 0 Å². The van der Waals surface area contributed by atoms with Gasteiger partial charge in [0.1, 0.15) is 0 Å². The third-order valence-electron chi connectivity index (χ3n) is 4.52. The molecule has 0 aliphatic carbocycles. The van der Waals surface area contributed by atoms with Crippen molar-refractivity contribution in [2.75, 3.05) is 25.0 Å². The zero-order valence-electron chi connectivity index (χ0n) is 15.7. The summed E-state index contributed by atoms with van der Waals surface area (Å²) in [6, 6.07) is 9.02. The third-order valence-corrected chi connectivity index (χ3v) is 5.43. The Morgan fingerprint density at radius 3 is 2.77 bits per heavy atom. The molecule has 0 spiro atoms. The Kier molecular flexibility index (Phi) is 8.15. The highest BCUT2D eigenvalue weighted by Gasteiger charge is 2.14. The van der Waals surface area contributed by atoms with Crippen molar-refractivity contribution in [2.45, 2.75) is 39.3 Å². The summed E-state index contributed by atoms with van der Waals surface area (Å²) in [5.41, 5.74) is 2.60. The van der Waals surface area contributed by atoms with E-state index in [2.05, 4.69) is 56.7 Å². The van der Waals surface area contributed by atoms with Crippen LogP contribution in [0.4, 0.5) is 5.69 Å². The number of aliphatic imine (C=N–C) groups is 1. The molecule has 2 heterocycles. The first kappa shape index (κ1) is 21.0. The minimum Gasteiger partial charge on any atom is -0.372 e. The molecule has 1 aromatic heterocycles. The molecule has 1 aromatic carbocycles. The molecule has 0 bridgehead atoms. The monoisotopic (exact) mass is 485 g/mol. The van der Waals surface area contributed by atoms with Crippen LogP contribution in [-0.2, 0) is 6.54 Å². The maximum absolute atomic E-state index is 4.34. The Morgan fingerprint density at radius 2 is 2.12 bits per heavy atom. The lowest BCUT2D eigenvalue weighted by molar-refractivity contribution is 0.686. The fourth-order valence-electron chi connectivity index (χ4n) is 3.11. The summed E-state index contributed by atoms with van der Waals surface area (Å²) in [6.45, 7) is 7.28. The van der Waals surface area contributed by atoms with Gasteiger partial charge in [0.05, 0.1) is 17.6 Å². The van der Waals surface area contributed by atoms with Gasteiger partial charge < -0.3 is 15.5 Å². The van der Waals surface area contributed by atoms with Crippen molar-refractivity contribution in [1.82, 2.24) is 15.6 Å². The number of benzene rings is 1. The summed E-state index contributed by atoms with van der Waals surface area (Å²) < 4.78 is 0. The molecule has 142 valence electrons. The molecule has 1 aliphatic rings. The highest BCUT2D eigenvalue weighted by molar-refractivity contribution is 14.0. The van der Waals surface area contributed by atoms with Gasteiger partial charge in [0.25, 0.3) is 0 Å². The summed E-state index contributed by atoms with van der Waals surface area (Å²) >= 11 is 1.71. The van der Waals surface area contributed by atoms with Crippen LogP contribution in [0.2, 0.25) is 0 Å². The second kappa shape index (κ2) is 10.1. The number of halogens is 1. The van der Waals surface area contributed by atoms with Gasteiger partial charge in [-0.1, -0.05) is 12.1 Å². The number of aromatic nitrogens is 1. The van der Waals surface area contributed by atoms with Crippen molar-refractivity contribution < 1.29 is 0 Å². The summed E-state index contributed by atoms with van der Waals surface area (Å²) in [6.07, 6.45) is 4.51. The number of nitrogens with zero attached hydrogens (tertiary/aromatic N) is 3. The van der Waals surface area contributed by atoms with Gasteiger partial charge in [0.2, 0.25) is 0 Å². The van der Waals surface area contributed by atoms with Crippen LogP contribution in [0, 0.1) is 6.92 Å². The molecule has 5 nitrogen and oxygen atoms in total. The number of nitrogens with one attached hydrogen (secondary N) is 2. The number of hydrogen-bond acceptors (Lipinski definition) is 4. The van der Waals surface area contributed by atoms with Crippen LogP contribution in [0.3, 0.4) is 0 Å². The van der Waals surface area contributed by atoms with Crippen LogP contribution in [0.15, 0.2) is 35.5 Å². The summed E-state index contributed by atoms with van der Waals surface area (Å²) in [7, 11) is 1.81. The Bertz CT molecular complexity index is 724. The average molecular weight is 485 g/mol. The van der Waals surface area contributed by atoms with E-state index in [0.717, 1.165) is 17.5 Å². The van der Waals surface area contributed by atoms with Crippen molar-refractivity contribution in [1.29, 1.82) is 0 Å². The first-order valence-electron chi connectivity index (χ1n) is 8.89. The first-order valence-corrected chi connectivity index (χ1v) is 9.71. The van der Waals surface area contributed by atoms with E-state index in [-0.39, 0.29) is 30.0 Å². The Balaban J connectivity index is 0.00000243. The third kappa shape index (κ3) is 5.57. The summed E-state index contributed by atoms with van der Waals surface area (Å²) in [4.78, 5) is 12.3. The fourth-order valence-corrected chi connectivity index (χ4v) is 3.84. The van der Waals surface area contributed by atoms with Gasteiger partial charge in [-0.25, -0.2) is 4.98 Å². The molecule has 2 N–H and O–H groups in total. The highest BCUT2D eigenvalue weighted by atomic mass is 127. The number of hydrogen-bond donors (Lipinski definition) is 2. The van der Waals surface area contributed by atoms with Crippen LogP contribution < -0.4 is 15.5 Å². The minimum absolute atomic E-state index is 0. The van der Waals surface area contributed by atoms with E-state index in [9.17, 15) is 0 Å². The lowest BCUT2D eigenvalue weighted by Gasteiger charge is -2.22. The molecular formula is C19H28IN5S. The van der Waals surface area contributed by atoms with Crippen LogP contribution >= 0.6 is 35.3 Å². The van der Waals surface area contributed by atoms with Gasteiger partial charge in [0, 0.05) is 36.9 Å². The SMILES string of the molecule is CN=C(NCc1cnc(C)s1)NC(C)c1cccc(N2CCCC2)c1.I. The molecule has 0 saturated carbocycles. The molecule has 0 amide bonds. The Hall–Kier alpha value is -1.35. The molecule has 1 saturated heterocycles. The first-order chi connectivity index (χ1) is 12.2. The number of rotatable bonds is 5. The van der Waals surface area contributed by atoms with E-state index in [0.29, 0.717) is 0 Å². The molecule has 1 unspecified atom stereocenters. The predicted octanol–water partition coefficient (Wildman–Crippen LogP) is 4.10. The fraction of sp³-hybridized carbons (Fsp3) is 0.474. The molecule has 26 heavy (non-hydrogen) atoms. The van der Waals surface area contributed by atoms with Crippen molar-refractivity contribution in [3.8, 4) is 0 Å². The van der Waals surface area contributed by atoms with Gasteiger partial charge in [-0.2, -0.15) is 0 Å². The second-order valence-corrected chi connectivity index (χ2v) is 7.75. The molecular weight excluding hydrogens is 457 g/mol. The largest absolute Gasteiger partial charge is 0.372 e. The van der Waals surface area contributed by atoms with Gasteiger partial charge in [-0.3, -0.25) is 4.99 Å². The molecule has 3 rings (SSSR count). The van der Waals surface area contributed by atoms with Crippen molar-refractivity contribution in [3.05, 3.63) is 45.9 Å². The minimum atomic E-state index is 0. The van der Waals surface area contributed by atoms with Crippen LogP contribution in [0.25, 0.3) is 0 Å². The molecule has 1 fully saturated rings. The van der Waals surface area contributed by atoms with E-state index >= 15 is 0 Å². The zero-order chi connectivity index (χ0) is 17.6. The Labute approximate surface area is 177 Å². The van der Waals surface area contributed by atoms with Gasteiger partial charge >= 0.3 is 0 Å². The second-order valence-electron chi connectivity index (χ2n) is 6.43. The molecule has 0 radical (unpaired) electrons. The zero-order valence-corrected chi connectivity index (χ0v) is 18.8. The number of guanidine groups is 1. The summed E-state index contributed by atoms with van der Waals surface area (Å²) in [5, 5.41) is 7.94. The highest BCUT2D eigenvalue weighted by Crippen LogP contribution is 2.24. The Morgan fingerprint density at radius 1 is 1.35 bits per heavy atom. The van der Waals surface area contributed by atoms with E-state index in [1.165, 1.54) is 42.1 Å². The molecule has 2 aromatic rings. The van der Waals surface area contributed by atoms with Crippen molar-refractivity contribution >= 4 is 47.0 Å². The summed E-state index contributed by atoms with van der Waals surface area (Å²) in [5.74, 6) is 0.810.